The van der Waals surface area contributed by atoms with Crippen molar-refractivity contribution in [2.24, 2.45) is 0 Å². The van der Waals surface area contributed by atoms with Crippen LogP contribution >= 0.6 is 0 Å². The minimum absolute atomic E-state index is 0.0356. The van der Waals surface area contributed by atoms with Gasteiger partial charge in [-0.05, 0) is 32.6 Å². The summed E-state index contributed by atoms with van der Waals surface area (Å²) in [6.45, 7) is 6.17. The van der Waals surface area contributed by atoms with E-state index < -0.39 is 0 Å². The summed E-state index contributed by atoms with van der Waals surface area (Å²) < 4.78 is 0. The number of carbonyl (C=O) groups excluding carboxylic acids is 2. The minimum atomic E-state index is -0.144. The standard InChI is InChI=1S/C18H32N4O2/c1-14(18(24)20(2)13-17(23)19-15-7-8-15)21-9-11-22(12-10-21)16-5-3-4-6-16/h14-16H,3-13H2,1-2H3,(H,19,23). The Morgan fingerprint density at radius 2 is 1.71 bits per heavy atom. The molecule has 0 aromatic carbocycles. The molecular weight excluding hydrogens is 304 g/mol. The van der Waals surface area contributed by atoms with Crippen LogP contribution in [0, 0.1) is 0 Å². The number of hydrogen-bond donors (Lipinski definition) is 1. The Kier molecular flexibility index (Phi) is 5.76. The molecule has 24 heavy (non-hydrogen) atoms. The predicted octanol–water partition coefficient (Wildman–Crippen LogP) is 0.672. The molecular formula is C18H32N4O2. The first-order valence-corrected chi connectivity index (χ1v) is 9.57. The van der Waals surface area contributed by atoms with Crippen LogP contribution in [0.1, 0.15) is 45.4 Å². The smallest absolute Gasteiger partial charge is 0.239 e. The van der Waals surface area contributed by atoms with Crippen LogP contribution in [-0.2, 0) is 9.59 Å². The molecule has 0 aromatic rings. The molecule has 3 fully saturated rings. The van der Waals surface area contributed by atoms with Gasteiger partial charge in [-0.3, -0.25) is 19.4 Å². The van der Waals surface area contributed by atoms with Gasteiger partial charge in [0.15, 0.2) is 0 Å². The van der Waals surface area contributed by atoms with E-state index in [1.54, 1.807) is 11.9 Å². The highest BCUT2D eigenvalue weighted by Crippen LogP contribution is 2.24. The number of hydrogen-bond acceptors (Lipinski definition) is 4. The Morgan fingerprint density at radius 1 is 1.08 bits per heavy atom. The van der Waals surface area contributed by atoms with Crippen molar-refractivity contribution < 1.29 is 9.59 Å². The van der Waals surface area contributed by atoms with E-state index in [1.807, 2.05) is 6.92 Å². The van der Waals surface area contributed by atoms with Crippen LogP contribution in [0.3, 0.4) is 0 Å². The summed E-state index contributed by atoms with van der Waals surface area (Å²) >= 11 is 0. The van der Waals surface area contributed by atoms with Gasteiger partial charge in [-0.2, -0.15) is 0 Å². The first kappa shape index (κ1) is 17.7. The van der Waals surface area contributed by atoms with E-state index >= 15 is 0 Å². The highest BCUT2D eigenvalue weighted by Gasteiger charge is 2.31. The molecule has 1 saturated heterocycles. The van der Waals surface area contributed by atoms with Crippen molar-refractivity contribution in [1.29, 1.82) is 0 Å². The second-order valence-electron chi connectivity index (χ2n) is 7.72. The zero-order chi connectivity index (χ0) is 17.1. The van der Waals surface area contributed by atoms with Crippen LogP contribution in [0.15, 0.2) is 0 Å². The van der Waals surface area contributed by atoms with Gasteiger partial charge in [0.1, 0.15) is 0 Å². The SMILES string of the molecule is CC(C(=O)N(C)CC(=O)NC1CC1)N1CCN(C2CCCC2)CC1. The molecule has 6 nitrogen and oxygen atoms in total. The van der Waals surface area contributed by atoms with Crippen molar-refractivity contribution in [3.63, 3.8) is 0 Å². The number of amides is 2. The third kappa shape index (κ3) is 4.48. The lowest BCUT2D eigenvalue weighted by Gasteiger charge is -2.40. The van der Waals surface area contributed by atoms with Crippen LogP contribution in [0.4, 0.5) is 0 Å². The number of rotatable bonds is 6. The monoisotopic (exact) mass is 336 g/mol. The van der Waals surface area contributed by atoms with Crippen molar-refractivity contribution in [2.45, 2.75) is 63.6 Å². The van der Waals surface area contributed by atoms with E-state index in [0.717, 1.165) is 45.1 Å². The lowest BCUT2D eigenvalue weighted by atomic mass is 10.1. The Hall–Kier alpha value is -1.14. The van der Waals surface area contributed by atoms with Crippen LogP contribution in [0.5, 0.6) is 0 Å². The normalized spacial score (nSPS) is 24.8. The molecule has 136 valence electrons. The van der Waals surface area contributed by atoms with Gasteiger partial charge in [-0.15, -0.1) is 0 Å². The van der Waals surface area contributed by atoms with Gasteiger partial charge in [-0.25, -0.2) is 0 Å². The van der Waals surface area contributed by atoms with Crippen LogP contribution in [-0.4, -0.2) is 84.4 Å². The second-order valence-corrected chi connectivity index (χ2v) is 7.72. The molecule has 2 amide bonds. The van der Waals surface area contributed by atoms with Gasteiger partial charge in [0.25, 0.3) is 0 Å². The molecule has 3 rings (SSSR count). The summed E-state index contributed by atoms with van der Waals surface area (Å²) in [4.78, 5) is 30.9. The molecule has 0 spiro atoms. The number of nitrogens with zero attached hydrogens (tertiary/aromatic N) is 3. The number of carbonyl (C=O) groups is 2. The first-order chi connectivity index (χ1) is 11.5. The molecule has 2 aliphatic carbocycles. The average molecular weight is 336 g/mol. The summed E-state index contributed by atoms with van der Waals surface area (Å²) in [6.07, 6.45) is 7.57. The van der Waals surface area contributed by atoms with Gasteiger partial charge < -0.3 is 10.2 Å². The molecule has 1 aliphatic heterocycles. The molecule has 1 N–H and O–H groups in total. The van der Waals surface area contributed by atoms with Crippen molar-refractivity contribution in [3.05, 3.63) is 0 Å². The summed E-state index contributed by atoms with van der Waals surface area (Å²) in [7, 11) is 1.74. The van der Waals surface area contributed by atoms with Gasteiger partial charge in [0.2, 0.25) is 11.8 Å². The van der Waals surface area contributed by atoms with Crippen LogP contribution < -0.4 is 5.32 Å². The van der Waals surface area contributed by atoms with E-state index in [-0.39, 0.29) is 24.4 Å². The Morgan fingerprint density at radius 3 is 2.29 bits per heavy atom. The van der Waals surface area contributed by atoms with Crippen molar-refractivity contribution in [2.75, 3.05) is 39.8 Å². The largest absolute Gasteiger partial charge is 0.352 e. The van der Waals surface area contributed by atoms with E-state index in [2.05, 4.69) is 15.1 Å². The zero-order valence-corrected chi connectivity index (χ0v) is 15.2. The fourth-order valence-electron chi connectivity index (χ4n) is 4.03. The molecule has 6 heteroatoms. The molecule has 1 heterocycles. The topological polar surface area (TPSA) is 55.9 Å². The maximum atomic E-state index is 12.6. The Labute approximate surface area is 145 Å². The van der Waals surface area contributed by atoms with E-state index in [9.17, 15) is 9.59 Å². The molecule has 0 aromatic heterocycles. The fourth-order valence-corrected chi connectivity index (χ4v) is 4.03. The van der Waals surface area contributed by atoms with Gasteiger partial charge >= 0.3 is 0 Å². The van der Waals surface area contributed by atoms with Crippen molar-refractivity contribution >= 4 is 11.8 Å². The summed E-state index contributed by atoms with van der Waals surface area (Å²) in [5, 5.41) is 2.94. The highest BCUT2D eigenvalue weighted by atomic mass is 16.2. The second kappa shape index (κ2) is 7.83. The summed E-state index contributed by atoms with van der Waals surface area (Å²) in [6, 6.07) is 0.975. The molecule has 2 saturated carbocycles. The average Bonchev–Trinajstić information content (AvgIpc) is 3.22. The molecule has 1 atom stereocenters. The third-order valence-electron chi connectivity index (χ3n) is 5.79. The highest BCUT2D eigenvalue weighted by molar-refractivity contribution is 5.87. The first-order valence-electron chi connectivity index (χ1n) is 9.57. The third-order valence-corrected chi connectivity index (χ3v) is 5.79. The quantitative estimate of drug-likeness (QED) is 0.775. The van der Waals surface area contributed by atoms with Crippen LogP contribution in [0.2, 0.25) is 0 Å². The molecule has 0 radical (unpaired) electrons. The maximum absolute atomic E-state index is 12.6. The van der Waals surface area contributed by atoms with Crippen molar-refractivity contribution in [1.82, 2.24) is 20.0 Å². The minimum Gasteiger partial charge on any atom is -0.352 e. The number of likely N-dealkylation sites (N-methyl/N-ethyl adjacent to an activating group) is 1. The van der Waals surface area contributed by atoms with Crippen LogP contribution in [0.25, 0.3) is 0 Å². The summed E-state index contributed by atoms with van der Waals surface area (Å²) in [5.74, 6) is 0.0156. The molecule has 3 aliphatic rings. The van der Waals surface area contributed by atoms with E-state index in [4.69, 9.17) is 0 Å². The van der Waals surface area contributed by atoms with Gasteiger partial charge in [-0.1, -0.05) is 12.8 Å². The van der Waals surface area contributed by atoms with Crippen molar-refractivity contribution in [3.8, 4) is 0 Å². The summed E-state index contributed by atoms with van der Waals surface area (Å²) in [5.41, 5.74) is 0. The molecule has 1 unspecified atom stereocenters. The maximum Gasteiger partial charge on any atom is 0.239 e. The Balaban J connectivity index is 1.42. The fraction of sp³-hybridized carbons (Fsp3) is 0.889. The lowest BCUT2D eigenvalue weighted by molar-refractivity contribution is -0.139. The Bertz CT molecular complexity index is 452. The van der Waals surface area contributed by atoms with E-state index in [1.165, 1.54) is 25.7 Å². The predicted molar refractivity (Wildman–Crippen MR) is 93.7 cm³/mol. The van der Waals surface area contributed by atoms with E-state index in [0.29, 0.717) is 6.04 Å². The lowest BCUT2D eigenvalue weighted by Crippen LogP contribution is -2.56. The zero-order valence-electron chi connectivity index (χ0n) is 15.2. The van der Waals surface area contributed by atoms with Gasteiger partial charge in [0, 0.05) is 45.3 Å². The number of nitrogens with one attached hydrogen (secondary N) is 1. The number of piperazine rings is 1. The van der Waals surface area contributed by atoms with Gasteiger partial charge in [0.05, 0.1) is 12.6 Å². The molecule has 0 bridgehead atoms.